The van der Waals surface area contributed by atoms with Crippen molar-refractivity contribution in [1.82, 2.24) is 0 Å². The van der Waals surface area contributed by atoms with Crippen molar-refractivity contribution in [3.05, 3.63) is 27.8 Å². The molecule has 0 bridgehead atoms. The predicted octanol–water partition coefficient (Wildman–Crippen LogP) is 4.77. The normalized spacial score (nSPS) is 11.8. The second-order valence-electron chi connectivity index (χ2n) is 4.80. The second kappa shape index (κ2) is 4.82. The first kappa shape index (κ1) is 13.0. The van der Waals surface area contributed by atoms with E-state index in [-0.39, 0.29) is 0 Å². The largest absolute Gasteiger partial charge is 0.261 e. The lowest BCUT2D eigenvalue weighted by atomic mass is 9.87. The monoisotopic (exact) mass is 217 g/mol. The summed E-state index contributed by atoms with van der Waals surface area (Å²) >= 11 is 0. The number of benzene rings is 1. The fourth-order valence-corrected chi connectivity index (χ4v) is 2.32. The van der Waals surface area contributed by atoms with Crippen molar-refractivity contribution in [2.45, 2.75) is 54.4 Å². The molecule has 1 aromatic rings. The van der Waals surface area contributed by atoms with Crippen LogP contribution in [0.4, 0.5) is 5.69 Å². The fourth-order valence-electron chi connectivity index (χ4n) is 2.32. The lowest BCUT2D eigenvalue weighted by Crippen LogP contribution is -2.01. The highest BCUT2D eigenvalue weighted by atomic mass is 14.7. The molecule has 0 aromatic heterocycles. The highest BCUT2D eigenvalue weighted by molar-refractivity contribution is 5.69. The topological polar surface area (TPSA) is 12.4 Å². The molecule has 1 rings (SSSR count). The Bertz CT molecular complexity index is 426. The molecule has 0 N–H and O–H groups in total. The van der Waals surface area contributed by atoms with Crippen molar-refractivity contribution < 1.29 is 0 Å². The van der Waals surface area contributed by atoms with Gasteiger partial charge in [0, 0.05) is 6.21 Å². The van der Waals surface area contributed by atoms with Crippen LogP contribution in [-0.4, -0.2) is 6.21 Å². The van der Waals surface area contributed by atoms with Gasteiger partial charge in [-0.05, 0) is 68.4 Å². The van der Waals surface area contributed by atoms with Crippen LogP contribution in [0.2, 0.25) is 0 Å². The highest BCUT2D eigenvalue weighted by Gasteiger charge is 2.16. The molecule has 0 atom stereocenters. The number of hydrogen-bond donors (Lipinski definition) is 0. The summed E-state index contributed by atoms with van der Waals surface area (Å²) < 4.78 is 0. The molecular weight excluding hydrogens is 194 g/mol. The molecule has 1 heteroatoms. The standard InChI is InChI=1S/C15H23N/c1-8-16-15-13(7)11(5)10(4)12(6)14(15)9(2)3/h8-9H,1-7H3/b16-8+. The van der Waals surface area contributed by atoms with E-state index < -0.39 is 0 Å². The van der Waals surface area contributed by atoms with Crippen LogP contribution < -0.4 is 0 Å². The first-order valence-electron chi connectivity index (χ1n) is 6.00. The Kier molecular flexibility index (Phi) is 3.90. The average Bonchev–Trinajstić information content (AvgIpc) is 2.23. The van der Waals surface area contributed by atoms with Gasteiger partial charge in [0.1, 0.15) is 0 Å². The fraction of sp³-hybridized carbons (Fsp3) is 0.533. The lowest BCUT2D eigenvalue weighted by Gasteiger charge is -2.20. The average molecular weight is 217 g/mol. The third-order valence-corrected chi connectivity index (χ3v) is 3.54. The zero-order valence-electron chi connectivity index (χ0n) is 11.6. The van der Waals surface area contributed by atoms with Gasteiger partial charge in [-0.2, -0.15) is 0 Å². The molecule has 0 saturated carbocycles. The van der Waals surface area contributed by atoms with Crippen molar-refractivity contribution in [2.75, 3.05) is 0 Å². The molecule has 0 fully saturated rings. The SMILES string of the molecule is C/C=N/c1c(C)c(C)c(C)c(C)c1C(C)C. The van der Waals surface area contributed by atoms with Gasteiger partial charge in [-0.3, -0.25) is 4.99 Å². The summed E-state index contributed by atoms with van der Waals surface area (Å²) in [7, 11) is 0. The molecule has 88 valence electrons. The molecule has 16 heavy (non-hydrogen) atoms. The van der Waals surface area contributed by atoms with E-state index in [1.54, 1.807) is 0 Å². The van der Waals surface area contributed by atoms with Crippen LogP contribution in [0.1, 0.15) is 54.5 Å². The smallest absolute Gasteiger partial charge is 0.0694 e. The molecule has 0 aliphatic rings. The number of aliphatic imine (C=N–C) groups is 1. The van der Waals surface area contributed by atoms with E-state index >= 15 is 0 Å². The van der Waals surface area contributed by atoms with Crippen LogP contribution in [0.3, 0.4) is 0 Å². The molecule has 0 aliphatic heterocycles. The summed E-state index contributed by atoms with van der Waals surface area (Å²) in [5.74, 6) is 0.525. The van der Waals surface area contributed by atoms with Gasteiger partial charge >= 0.3 is 0 Å². The minimum absolute atomic E-state index is 0.525. The lowest BCUT2D eigenvalue weighted by molar-refractivity contribution is 0.850. The molecule has 0 amide bonds. The maximum absolute atomic E-state index is 4.57. The third-order valence-electron chi connectivity index (χ3n) is 3.54. The number of hydrogen-bond acceptors (Lipinski definition) is 1. The Labute approximate surface area is 99.6 Å². The van der Waals surface area contributed by atoms with E-state index in [1.807, 2.05) is 13.1 Å². The number of rotatable bonds is 2. The van der Waals surface area contributed by atoms with Crippen molar-refractivity contribution in [2.24, 2.45) is 4.99 Å². The van der Waals surface area contributed by atoms with Crippen LogP contribution in [0.25, 0.3) is 0 Å². The van der Waals surface area contributed by atoms with Crippen molar-refractivity contribution in [3.8, 4) is 0 Å². The Morgan fingerprint density at radius 2 is 1.38 bits per heavy atom. The van der Waals surface area contributed by atoms with E-state index in [2.05, 4.69) is 46.5 Å². The van der Waals surface area contributed by atoms with Gasteiger partial charge in [-0.15, -0.1) is 0 Å². The van der Waals surface area contributed by atoms with Gasteiger partial charge in [0.2, 0.25) is 0 Å². The van der Waals surface area contributed by atoms with Crippen LogP contribution in [0.15, 0.2) is 4.99 Å². The second-order valence-corrected chi connectivity index (χ2v) is 4.80. The molecule has 0 aliphatic carbocycles. The zero-order valence-corrected chi connectivity index (χ0v) is 11.6. The minimum Gasteiger partial charge on any atom is -0.261 e. The summed E-state index contributed by atoms with van der Waals surface area (Å²) in [6, 6.07) is 0. The molecule has 1 aromatic carbocycles. The van der Waals surface area contributed by atoms with Crippen LogP contribution in [0, 0.1) is 27.7 Å². The van der Waals surface area contributed by atoms with Crippen LogP contribution in [0.5, 0.6) is 0 Å². The summed E-state index contributed by atoms with van der Waals surface area (Å²) in [5, 5.41) is 0. The summed E-state index contributed by atoms with van der Waals surface area (Å²) in [6.07, 6.45) is 1.89. The molecule has 0 saturated heterocycles. The quantitative estimate of drug-likeness (QED) is 0.633. The summed E-state index contributed by atoms with van der Waals surface area (Å²) in [4.78, 5) is 4.57. The van der Waals surface area contributed by atoms with Gasteiger partial charge in [-0.25, -0.2) is 0 Å². The summed E-state index contributed by atoms with van der Waals surface area (Å²) in [5.41, 5.74) is 8.10. The van der Waals surface area contributed by atoms with E-state index in [0.717, 1.165) is 0 Å². The first-order chi connectivity index (χ1) is 7.41. The van der Waals surface area contributed by atoms with Gasteiger partial charge in [0.15, 0.2) is 0 Å². The van der Waals surface area contributed by atoms with Gasteiger partial charge in [0.05, 0.1) is 5.69 Å². The molecule has 0 unspecified atom stereocenters. The Balaban J connectivity index is 3.68. The molecule has 0 spiro atoms. The Hall–Kier alpha value is -1.11. The van der Waals surface area contributed by atoms with E-state index in [1.165, 1.54) is 33.5 Å². The van der Waals surface area contributed by atoms with Crippen molar-refractivity contribution in [1.29, 1.82) is 0 Å². The molecule has 1 nitrogen and oxygen atoms in total. The van der Waals surface area contributed by atoms with Gasteiger partial charge in [0.25, 0.3) is 0 Å². The van der Waals surface area contributed by atoms with Crippen molar-refractivity contribution in [3.63, 3.8) is 0 Å². The maximum atomic E-state index is 4.57. The predicted molar refractivity (Wildman–Crippen MR) is 73.3 cm³/mol. The molecule has 0 radical (unpaired) electrons. The highest BCUT2D eigenvalue weighted by Crippen LogP contribution is 2.37. The van der Waals surface area contributed by atoms with E-state index in [4.69, 9.17) is 0 Å². The molecular formula is C15H23N. The zero-order chi connectivity index (χ0) is 12.5. The van der Waals surface area contributed by atoms with E-state index in [9.17, 15) is 0 Å². The Morgan fingerprint density at radius 1 is 0.875 bits per heavy atom. The molecule has 0 heterocycles. The van der Waals surface area contributed by atoms with Crippen LogP contribution >= 0.6 is 0 Å². The van der Waals surface area contributed by atoms with E-state index in [0.29, 0.717) is 5.92 Å². The first-order valence-corrected chi connectivity index (χ1v) is 6.00. The van der Waals surface area contributed by atoms with Crippen LogP contribution in [-0.2, 0) is 0 Å². The van der Waals surface area contributed by atoms with Crippen molar-refractivity contribution >= 4 is 11.9 Å². The number of nitrogens with zero attached hydrogens (tertiary/aromatic N) is 1. The van der Waals surface area contributed by atoms with Gasteiger partial charge in [-0.1, -0.05) is 13.8 Å². The third kappa shape index (κ3) is 2.04. The van der Waals surface area contributed by atoms with Gasteiger partial charge < -0.3 is 0 Å². The maximum Gasteiger partial charge on any atom is 0.0694 e. The minimum atomic E-state index is 0.525. The Morgan fingerprint density at radius 3 is 1.81 bits per heavy atom. The summed E-state index contributed by atoms with van der Waals surface area (Å²) in [6.45, 7) is 15.3.